The normalized spacial score (nSPS) is 14.9. The second-order valence-corrected chi connectivity index (χ2v) is 7.75. The van der Waals surface area contributed by atoms with Crippen LogP contribution in [0.4, 0.5) is 5.69 Å². The van der Waals surface area contributed by atoms with E-state index in [1.807, 2.05) is 25.5 Å². The summed E-state index contributed by atoms with van der Waals surface area (Å²) >= 11 is 0. The zero-order chi connectivity index (χ0) is 20.7. The molecule has 28 heavy (non-hydrogen) atoms. The average molecular weight is 382 g/mol. The molecule has 3 rings (SSSR count). The van der Waals surface area contributed by atoms with Gasteiger partial charge in [0.15, 0.2) is 0 Å². The van der Waals surface area contributed by atoms with Crippen LogP contribution in [0, 0.1) is 19.8 Å². The number of aryl methyl sites for hydroxylation is 2. The van der Waals surface area contributed by atoms with Crippen molar-refractivity contribution in [1.82, 2.24) is 4.90 Å². The van der Waals surface area contributed by atoms with E-state index in [0.717, 1.165) is 18.0 Å². The third-order valence-electron chi connectivity index (χ3n) is 5.38. The second-order valence-electron chi connectivity index (χ2n) is 7.75. The van der Waals surface area contributed by atoms with E-state index < -0.39 is 0 Å². The van der Waals surface area contributed by atoms with Gasteiger partial charge in [0.25, 0.3) is 0 Å². The van der Waals surface area contributed by atoms with Crippen molar-refractivity contribution in [2.45, 2.75) is 40.5 Å². The van der Waals surface area contributed by atoms with E-state index in [4.69, 9.17) is 4.74 Å². The van der Waals surface area contributed by atoms with Gasteiger partial charge in [0.2, 0.25) is 5.69 Å². The molecule has 1 saturated heterocycles. The number of benzene rings is 2. The van der Waals surface area contributed by atoms with Crippen LogP contribution in [0.1, 0.15) is 37.8 Å². The first-order chi connectivity index (χ1) is 13.4. The third kappa shape index (κ3) is 5.68. The molecule has 0 spiro atoms. The fourth-order valence-corrected chi connectivity index (χ4v) is 3.67. The number of rotatable bonds is 5. The summed E-state index contributed by atoms with van der Waals surface area (Å²) in [6.45, 7) is 15.5. The lowest BCUT2D eigenvalue weighted by Crippen LogP contribution is -2.32. The summed E-state index contributed by atoms with van der Waals surface area (Å²) in [7, 11) is 4.19. The molecule has 1 aliphatic heterocycles. The molecule has 0 saturated carbocycles. The third-order valence-corrected chi connectivity index (χ3v) is 5.38. The van der Waals surface area contributed by atoms with Gasteiger partial charge < -0.3 is 9.64 Å². The first-order valence-corrected chi connectivity index (χ1v) is 10.5. The van der Waals surface area contributed by atoms with Crippen molar-refractivity contribution in [3.63, 3.8) is 0 Å². The highest BCUT2D eigenvalue weighted by Crippen LogP contribution is 2.34. The zero-order valence-electron chi connectivity index (χ0n) is 18.6. The van der Waals surface area contributed by atoms with E-state index in [1.165, 1.54) is 48.2 Å². The van der Waals surface area contributed by atoms with Crippen molar-refractivity contribution in [2.24, 2.45) is 5.92 Å². The highest BCUT2D eigenvalue weighted by atomic mass is 16.5. The highest BCUT2D eigenvalue weighted by molar-refractivity contribution is 5.77. The molecule has 0 aliphatic carbocycles. The van der Waals surface area contributed by atoms with Gasteiger partial charge in [0, 0.05) is 6.07 Å². The van der Waals surface area contributed by atoms with Crippen LogP contribution in [-0.2, 0) is 0 Å². The molecule has 2 aromatic carbocycles. The molecule has 2 aromatic rings. The molecule has 0 atom stereocenters. The van der Waals surface area contributed by atoms with Gasteiger partial charge in [-0.05, 0) is 82.1 Å². The Hall–Kier alpha value is -2.13. The van der Waals surface area contributed by atoms with Crippen molar-refractivity contribution in [3.8, 4) is 16.9 Å². The fraction of sp³-hybridized carbons (Fsp3) is 0.480. The van der Waals surface area contributed by atoms with Crippen LogP contribution in [-0.4, -0.2) is 50.0 Å². The minimum atomic E-state index is 0.675. The molecule has 1 fully saturated rings. The molecule has 3 nitrogen and oxygen atoms in total. The number of hydrogen-bond donors (Lipinski definition) is 0. The van der Waals surface area contributed by atoms with Crippen LogP contribution in [0.25, 0.3) is 11.1 Å². The maximum absolute atomic E-state index is 6.11. The van der Waals surface area contributed by atoms with Crippen LogP contribution in [0.2, 0.25) is 0 Å². The van der Waals surface area contributed by atoms with Gasteiger partial charge >= 0.3 is 0 Å². The molecule has 0 amide bonds. The SMILES string of the molecule is C=[N+](C)c1ccc(C)cc1-c1ccc(OCC2CCN(C)CC2)cc1C.CC. The van der Waals surface area contributed by atoms with Gasteiger partial charge in [0.05, 0.1) is 12.2 Å². The molecule has 0 N–H and O–H groups in total. The Morgan fingerprint density at radius 3 is 2.32 bits per heavy atom. The van der Waals surface area contributed by atoms with Crippen molar-refractivity contribution < 1.29 is 9.31 Å². The summed E-state index contributed by atoms with van der Waals surface area (Å²) in [6.07, 6.45) is 2.46. The van der Waals surface area contributed by atoms with E-state index in [0.29, 0.717) is 5.92 Å². The Kier molecular flexibility index (Phi) is 8.25. The number of hydrogen-bond acceptors (Lipinski definition) is 2. The highest BCUT2D eigenvalue weighted by Gasteiger charge is 2.18. The Morgan fingerprint density at radius 1 is 1.04 bits per heavy atom. The molecular formula is C25H37N2O+. The number of likely N-dealkylation sites (tertiary alicyclic amines) is 1. The summed E-state index contributed by atoms with van der Waals surface area (Å²) in [5, 5.41) is 0. The Balaban J connectivity index is 0.00000136. The molecular weight excluding hydrogens is 344 g/mol. The lowest BCUT2D eigenvalue weighted by molar-refractivity contribution is -0.394. The summed E-state index contributed by atoms with van der Waals surface area (Å²) < 4.78 is 8.04. The first kappa shape index (κ1) is 22.2. The summed E-state index contributed by atoms with van der Waals surface area (Å²) in [6, 6.07) is 13.0. The molecule has 0 aromatic heterocycles. The van der Waals surface area contributed by atoms with E-state index in [-0.39, 0.29) is 0 Å². The summed E-state index contributed by atoms with van der Waals surface area (Å²) in [5.41, 5.74) is 6.10. The zero-order valence-corrected chi connectivity index (χ0v) is 18.6. The topological polar surface area (TPSA) is 15.5 Å². The van der Waals surface area contributed by atoms with Crippen LogP contribution < -0.4 is 4.74 Å². The lowest BCUT2D eigenvalue weighted by atomic mass is 9.96. The van der Waals surface area contributed by atoms with Gasteiger partial charge in [0.1, 0.15) is 19.5 Å². The molecule has 0 radical (unpaired) electrons. The number of nitrogens with zero attached hydrogens (tertiary/aromatic N) is 2. The van der Waals surface area contributed by atoms with Gasteiger partial charge in [-0.2, -0.15) is 0 Å². The first-order valence-electron chi connectivity index (χ1n) is 10.5. The second kappa shape index (κ2) is 10.4. The standard InChI is InChI=1S/C23H31N2O.C2H6/c1-17-6-9-23(24(3)4)22(14-17)21-8-7-20(15-18(21)2)26-16-19-10-12-25(5)13-11-19;1-2/h6-9,14-15,19H,3,10-13,16H2,1-2,4-5H3;1-2H3/q+1;. The van der Waals surface area contributed by atoms with Crippen LogP contribution in [0.5, 0.6) is 5.75 Å². The predicted molar refractivity (Wildman–Crippen MR) is 121 cm³/mol. The molecule has 1 heterocycles. The van der Waals surface area contributed by atoms with Gasteiger partial charge in [-0.1, -0.05) is 31.5 Å². The molecule has 0 bridgehead atoms. The van der Waals surface area contributed by atoms with Crippen LogP contribution in [0.3, 0.4) is 0 Å². The van der Waals surface area contributed by atoms with Crippen molar-refractivity contribution in [2.75, 3.05) is 33.8 Å². The van der Waals surface area contributed by atoms with E-state index >= 15 is 0 Å². The Labute approximate surface area is 171 Å². The quantitative estimate of drug-likeness (QED) is 0.488. The van der Waals surface area contributed by atoms with Crippen molar-refractivity contribution in [3.05, 3.63) is 47.5 Å². The molecule has 0 unspecified atom stereocenters. The largest absolute Gasteiger partial charge is 0.493 e. The van der Waals surface area contributed by atoms with Gasteiger partial charge in [-0.25, -0.2) is 4.58 Å². The fourth-order valence-electron chi connectivity index (χ4n) is 3.67. The smallest absolute Gasteiger partial charge is 0.212 e. The maximum Gasteiger partial charge on any atom is 0.212 e. The summed E-state index contributed by atoms with van der Waals surface area (Å²) in [5.74, 6) is 1.65. The van der Waals surface area contributed by atoms with Crippen molar-refractivity contribution in [1.29, 1.82) is 0 Å². The van der Waals surface area contributed by atoms with Crippen molar-refractivity contribution >= 4 is 12.4 Å². The van der Waals surface area contributed by atoms with E-state index in [2.05, 4.69) is 68.9 Å². The Bertz CT molecular complexity index is 789. The van der Waals surface area contributed by atoms with Crippen LogP contribution >= 0.6 is 0 Å². The van der Waals surface area contributed by atoms with E-state index in [1.54, 1.807) is 0 Å². The molecule has 152 valence electrons. The Morgan fingerprint density at radius 2 is 1.71 bits per heavy atom. The average Bonchev–Trinajstić information content (AvgIpc) is 2.69. The summed E-state index contributed by atoms with van der Waals surface area (Å²) in [4.78, 5) is 2.40. The minimum Gasteiger partial charge on any atom is -0.493 e. The minimum absolute atomic E-state index is 0.675. The lowest BCUT2D eigenvalue weighted by Gasteiger charge is -2.28. The number of ether oxygens (including phenoxy) is 1. The van der Waals surface area contributed by atoms with Gasteiger partial charge in [-0.3, -0.25) is 0 Å². The maximum atomic E-state index is 6.11. The van der Waals surface area contributed by atoms with Gasteiger partial charge in [-0.15, -0.1) is 0 Å². The van der Waals surface area contributed by atoms with Crippen LogP contribution in [0.15, 0.2) is 36.4 Å². The monoisotopic (exact) mass is 381 g/mol. The van der Waals surface area contributed by atoms with E-state index in [9.17, 15) is 0 Å². The predicted octanol–water partition coefficient (Wildman–Crippen LogP) is 5.69. The number of piperidine rings is 1. The molecule has 1 aliphatic rings. The molecule has 3 heteroatoms.